The number of hydrogen-bond acceptors (Lipinski definition) is 3. The molecule has 0 N–H and O–H groups in total. The number of benzene rings is 7. The molecule has 5 heterocycles. The number of para-hydroxylation sites is 1. The van der Waals surface area contributed by atoms with Gasteiger partial charge in [0, 0.05) is 44.7 Å². The first-order valence-corrected chi connectivity index (χ1v) is 22.2. The van der Waals surface area contributed by atoms with E-state index in [4.69, 9.17) is 4.98 Å². The van der Waals surface area contributed by atoms with Gasteiger partial charge in [0.2, 0.25) is 0 Å². The first kappa shape index (κ1) is 36.0. The molecule has 1 unspecified atom stereocenters. The zero-order valence-corrected chi connectivity index (χ0v) is 35.4. The number of rotatable bonds is 5. The summed E-state index contributed by atoms with van der Waals surface area (Å²) in [6.45, 7) is 0. The van der Waals surface area contributed by atoms with Crippen molar-refractivity contribution in [3.63, 3.8) is 0 Å². The van der Waals surface area contributed by atoms with E-state index in [0.29, 0.717) is 11.1 Å². The minimum Gasteiger partial charge on any atom is -0.340 e. The minimum absolute atomic E-state index is 0. The topological polar surface area (TPSA) is 35.1 Å². The van der Waals surface area contributed by atoms with Crippen molar-refractivity contribution in [1.82, 2.24) is 18.9 Å². The van der Waals surface area contributed by atoms with Crippen LogP contribution in [0.1, 0.15) is 17.3 Å². The Morgan fingerprint density at radius 1 is 0.559 bits per heavy atom. The maximum Gasteiger partial charge on any atom is 2.00 e. The standard InChI is InChI=1S/C51H31FN4SSi.Pt/c52-47(34-24-25-38-39-19-7-8-21-43(39)55-30-29-54-50(55)42(38)32-34)33-13-11-14-35(31-33)56-48-40(41-20-12-28-53-51(41)56)26-27-46-49(48)57-44-22-9-10-23-45(44)58(46,36-15-3-1-4-16-36)37-17-5-2-6-18-37;/h1-30,47H;/q-2;+2. The van der Waals surface area contributed by atoms with E-state index >= 15 is 4.39 Å². The summed E-state index contributed by atoms with van der Waals surface area (Å²) in [5.74, 6) is 0. The first-order chi connectivity index (χ1) is 28.7. The fourth-order valence-electron chi connectivity index (χ4n) is 9.39. The van der Waals surface area contributed by atoms with Crippen LogP contribution in [0, 0.1) is 12.1 Å². The molecule has 0 amide bonds. The van der Waals surface area contributed by atoms with Gasteiger partial charge in [0.05, 0.1) is 11.2 Å². The molecule has 0 fully saturated rings. The van der Waals surface area contributed by atoms with E-state index in [1.165, 1.54) is 30.5 Å². The molecule has 4 aromatic heterocycles. The Morgan fingerprint density at radius 2 is 1.25 bits per heavy atom. The molecule has 0 radical (unpaired) electrons. The number of halogens is 1. The van der Waals surface area contributed by atoms with Gasteiger partial charge < -0.3 is 8.97 Å². The van der Waals surface area contributed by atoms with E-state index in [1.807, 2.05) is 72.7 Å². The van der Waals surface area contributed by atoms with Crippen molar-refractivity contribution < 1.29 is 25.5 Å². The second-order valence-corrected chi connectivity index (χ2v) is 19.6. The predicted molar refractivity (Wildman–Crippen MR) is 237 cm³/mol. The molecule has 1 aliphatic rings. The molecule has 59 heavy (non-hydrogen) atoms. The third kappa shape index (κ3) is 5.25. The Morgan fingerprint density at radius 3 is 2.08 bits per heavy atom. The van der Waals surface area contributed by atoms with Gasteiger partial charge in [-0.3, -0.25) is 4.98 Å². The van der Waals surface area contributed by atoms with Gasteiger partial charge in [-0.15, -0.1) is 29.8 Å². The van der Waals surface area contributed by atoms with Crippen LogP contribution < -0.4 is 20.7 Å². The number of alkyl halides is 1. The van der Waals surface area contributed by atoms with Crippen molar-refractivity contribution in [3.8, 4) is 5.69 Å². The number of fused-ring (bicyclic) bond motifs is 12. The van der Waals surface area contributed by atoms with Gasteiger partial charge in [0.1, 0.15) is 11.8 Å². The van der Waals surface area contributed by atoms with Crippen molar-refractivity contribution in [2.45, 2.75) is 16.0 Å². The second kappa shape index (κ2) is 14.0. The Hall–Kier alpha value is -6.11. The van der Waals surface area contributed by atoms with Gasteiger partial charge >= 0.3 is 21.1 Å². The van der Waals surface area contributed by atoms with E-state index in [9.17, 15) is 0 Å². The molecular formula is C51H31FN4PtSSi. The average Bonchev–Trinajstić information content (AvgIpc) is 3.93. The third-order valence-electron chi connectivity index (χ3n) is 11.8. The molecule has 282 valence electrons. The SMILES string of the molecule is FC(c1[c-]c(-n2c3ncccc3c3ccc4c(c32)Sc2ccccc2[Si]4(c2ccccc2)c2ccccc2)ccc1)c1[c-]c2c(cc1)c1ccccc1n1ccnc21.[Pt+2]. The number of imidazole rings is 1. The summed E-state index contributed by atoms with van der Waals surface area (Å²) < 4.78 is 21.3. The van der Waals surface area contributed by atoms with Crippen LogP contribution in [0.15, 0.2) is 192 Å². The average molecular weight is 974 g/mol. The fraction of sp³-hybridized carbons (Fsp3) is 0.0196. The largest absolute Gasteiger partial charge is 2.00 e. The Balaban J connectivity index is 0.00000397. The maximum atomic E-state index is 17.1. The van der Waals surface area contributed by atoms with Crippen molar-refractivity contribution in [2.75, 3.05) is 0 Å². The molecule has 4 nitrogen and oxygen atoms in total. The molecule has 0 saturated heterocycles. The van der Waals surface area contributed by atoms with Gasteiger partial charge in [-0.25, -0.2) is 9.37 Å². The van der Waals surface area contributed by atoms with E-state index < -0.39 is 14.2 Å². The van der Waals surface area contributed by atoms with E-state index in [1.54, 1.807) is 6.20 Å². The van der Waals surface area contributed by atoms with Crippen LogP contribution in [-0.4, -0.2) is 27.0 Å². The van der Waals surface area contributed by atoms with Crippen LogP contribution in [0.3, 0.4) is 0 Å². The molecule has 1 aliphatic heterocycles. The van der Waals surface area contributed by atoms with Crippen molar-refractivity contribution in [1.29, 1.82) is 0 Å². The van der Waals surface area contributed by atoms with Crippen LogP contribution in [-0.2, 0) is 21.1 Å². The van der Waals surface area contributed by atoms with Gasteiger partial charge in [-0.05, 0) is 50.4 Å². The van der Waals surface area contributed by atoms with Crippen LogP contribution >= 0.6 is 11.8 Å². The molecule has 1 atom stereocenters. The molecular weight excluding hydrogens is 943 g/mol. The fourth-order valence-corrected chi connectivity index (χ4v) is 16.5. The number of aromatic nitrogens is 4. The van der Waals surface area contributed by atoms with Crippen LogP contribution in [0.5, 0.6) is 0 Å². The summed E-state index contributed by atoms with van der Waals surface area (Å²) in [6.07, 6.45) is 4.10. The minimum atomic E-state index is -2.83. The summed E-state index contributed by atoms with van der Waals surface area (Å²) in [4.78, 5) is 12.1. The second-order valence-electron chi connectivity index (χ2n) is 14.8. The number of hydrogen-bond donors (Lipinski definition) is 0. The Kier molecular flexibility index (Phi) is 8.56. The smallest absolute Gasteiger partial charge is 0.340 e. The van der Waals surface area contributed by atoms with Crippen molar-refractivity contribution in [3.05, 3.63) is 206 Å². The zero-order chi connectivity index (χ0) is 38.4. The molecule has 0 aliphatic carbocycles. The number of pyridine rings is 2. The molecule has 0 bridgehead atoms. The molecule has 0 spiro atoms. The van der Waals surface area contributed by atoms with Crippen LogP contribution in [0.25, 0.3) is 54.9 Å². The quantitative estimate of drug-likeness (QED) is 0.0980. The molecule has 7 aromatic carbocycles. The maximum absolute atomic E-state index is 17.1. The normalized spacial score (nSPS) is 13.7. The molecule has 8 heteroatoms. The monoisotopic (exact) mass is 973 g/mol. The van der Waals surface area contributed by atoms with E-state index in [0.717, 1.165) is 54.9 Å². The number of nitrogens with zero attached hydrogens (tertiary/aromatic N) is 4. The summed E-state index contributed by atoms with van der Waals surface area (Å²) >= 11 is 1.82. The predicted octanol–water partition coefficient (Wildman–Crippen LogP) is 9.63. The third-order valence-corrected chi connectivity index (χ3v) is 18.3. The van der Waals surface area contributed by atoms with Gasteiger partial charge in [0.15, 0.2) is 8.07 Å². The van der Waals surface area contributed by atoms with Crippen molar-refractivity contribution in [2.24, 2.45) is 0 Å². The van der Waals surface area contributed by atoms with Crippen LogP contribution in [0.2, 0.25) is 0 Å². The summed E-state index contributed by atoms with van der Waals surface area (Å²) in [5, 5.41) is 10.4. The van der Waals surface area contributed by atoms with Gasteiger partial charge in [-0.2, -0.15) is 18.2 Å². The van der Waals surface area contributed by atoms with Crippen molar-refractivity contribution >= 4 is 89.8 Å². The van der Waals surface area contributed by atoms with Gasteiger partial charge in [-0.1, -0.05) is 143 Å². The summed E-state index contributed by atoms with van der Waals surface area (Å²) in [5.41, 5.74) is 5.28. The van der Waals surface area contributed by atoms with E-state index in [-0.39, 0.29) is 21.1 Å². The van der Waals surface area contributed by atoms with E-state index in [2.05, 4.69) is 141 Å². The molecule has 11 aromatic rings. The first-order valence-electron chi connectivity index (χ1n) is 19.4. The van der Waals surface area contributed by atoms with Gasteiger partial charge in [0.25, 0.3) is 0 Å². The molecule has 0 saturated carbocycles. The molecule has 12 rings (SSSR count). The summed E-state index contributed by atoms with van der Waals surface area (Å²) in [6, 6.07) is 64.7. The Labute approximate surface area is 359 Å². The zero-order valence-electron chi connectivity index (χ0n) is 31.3. The Bertz CT molecular complexity index is 3380. The van der Waals surface area contributed by atoms with Crippen LogP contribution in [0.4, 0.5) is 4.39 Å². The summed E-state index contributed by atoms with van der Waals surface area (Å²) in [7, 11) is -2.83.